The highest BCUT2D eigenvalue weighted by Crippen LogP contribution is 2.32. The maximum Gasteiger partial charge on any atom is 0.229 e. The van der Waals surface area contributed by atoms with Crippen molar-refractivity contribution < 1.29 is 14.0 Å². The average Bonchev–Trinajstić information content (AvgIpc) is 3.35. The standard InChI is InChI=1S/C16H18ClFN2O2/c17-13-6-5-12(8-14(13)18)19-15(21)11-2-1-7-20(9-11)16(22)10-3-4-10/h5-6,8,10-11H,1-4,7,9H2,(H,19,21). The SMILES string of the molecule is O=C(Nc1ccc(Cl)c(F)c1)C1CCCN(C(=O)C2CC2)C1. The number of halogens is 2. The molecule has 1 atom stereocenters. The molecule has 1 aromatic rings. The van der Waals surface area contributed by atoms with Gasteiger partial charge >= 0.3 is 0 Å². The van der Waals surface area contributed by atoms with Gasteiger partial charge in [-0.05, 0) is 43.9 Å². The fourth-order valence-electron chi connectivity index (χ4n) is 2.80. The zero-order chi connectivity index (χ0) is 15.7. The van der Waals surface area contributed by atoms with Crippen LogP contribution in [0.1, 0.15) is 25.7 Å². The number of nitrogens with zero attached hydrogens (tertiary/aromatic N) is 1. The lowest BCUT2D eigenvalue weighted by atomic mass is 9.96. The molecule has 1 saturated heterocycles. The summed E-state index contributed by atoms with van der Waals surface area (Å²) < 4.78 is 13.4. The van der Waals surface area contributed by atoms with Crippen molar-refractivity contribution in [2.45, 2.75) is 25.7 Å². The van der Waals surface area contributed by atoms with Gasteiger partial charge in [0.05, 0.1) is 10.9 Å². The van der Waals surface area contributed by atoms with Gasteiger partial charge in [-0.1, -0.05) is 11.6 Å². The smallest absolute Gasteiger partial charge is 0.229 e. The number of piperidine rings is 1. The molecule has 2 aliphatic rings. The van der Waals surface area contributed by atoms with E-state index in [1.807, 2.05) is 0 Å². The van der Waals surface area contributed by atoms with Gasteiger partial charge in [0.15, 0.2) is 0 Å². The van der Waals surface area contributed by atoms with Crippen LogP contribution in [0.3, 0.4) is 0 Å². The molecular weight excluding hydrogens is 307 g/mol. The number of amides is 2. The molecule has 1 aliphatic carbocycles. The normalized spacial score (nSPS) is 21.5. The molecule has 22 heavy (non-hydrogen) atoms. The van der Waals surface area contributed by atoms with Crippen LogP contribution in [0.4, 0.5) is 10.1 Å². The monoisotopic (exact) mass is 324 g/mol. The van der Waals surface area contributed by atoms with E-state index in [9.17, 15) is 14.0 Å². The summed E-state index contributed by atoms with van der Waals surface area (Å²) in [6.45, 7) is 1.19. The Bertz CT molecular complexity index is 604. The molecule has 4 nitrogen and oxygen atoms in total. The van der Waals surface area contributed by atoms with Crippen molar-refractivity contribution >= 4 is 29.1 Å². The fraction of sp³-hybridized carbons (Fsp3) is 0.500. The minimum atomic E-state index is -0.561. The highest BCUT2D eigenvalue weighted by atomic mass is 35.5. The summed E-state index contributed by atoms with van der Waals surface area (Å²) in [5.41, 5.74) is 0.387. The molecule has 0 aromatic heterocycles. The first-order valence-corrected chi connectivity index (χ1v) is 7.97. The lowest BCUT2D eigenvalue weighted by molar-refractivity contribution is -0.135. The number of likely N-dealkylation sites (tertiary alicyclic amines) is 1. The van der Waals surface area contributed by atoms with E-state index in [0.29, 0.717) is 12.2 Å². The fourth-order valence-corrected chi connectivity index (χ4v) is 2.92. The third kappa shape index (κ3) is 3.40. The first-order chi connectivity index (χ1) is 10.5. The zero-order valence-electron chi connectivity index (χ0n) is 12.1. The second-order valence-corrected chi connectivity index (χ2v) is 6.42. The molecule has 0 bridgehead atoms. The highest BCUT2D eigenvalue weighted by molar-refractivity contribution is 6.30. The van der Waals surface area contributed by atoms with Crippen molar-refractivity contribution in [3.8, 4) is 0 Å². The van der Waals surface area contributed by atoms with Gasteiger partial charge in [-0.15, -0.1) is 0 Å². The molecule has 0 radical (unpaired) electrons. The van der Waals surface area contributed by atoms with Gasteiger partial charge in [-0.2, -0.15) is 0 Å². The Labute approximate surface area is 133 Å². The van der Waals surface area contributed by atoms with E-state index in [2.05, 4.69) is 5.32 Å². The summed E-state index contributed by atoms with van der Waals surface area (Å²) in [4.78, 5) is 26.2. The Kier molecular flexibility index (Phi) is 4.34. The molecule has 0 spiro atoms. The van der Waals surface area contributed by atoms with Gasteiger partial charge in [-0.25, -0.2) is 4.39 Å². The Morgan fingerprint density at radius 3 is 2.68 bits per heavy atom. The Morgan fingerprint density at radius 2 is 2.00 bits per heavy atom. The number of anilines is 1. The zero-order valence-corrected chi connectivity index (χ0v) is 12.9. The predicted octanol–water partition coefficient (Wildman–Crippen LogP) is 3.07. The van der Waals surface area contributed by atoms with Crippen molar-refractivity contribution in [2.75, 3.05) is 18.4 Å². The quantitative estimate of drug-likeness (QED) is 0.929. The van der Waals surface area contributed by atoms with Crippen LogP contribution in [0.2, 0.25) is 5.02 Å². The predicted molar refractivity (Wildman–Crippen MR) is 82.1 cm³/mol. The Hall–Kier alpha value is -1.62. The van der Waals surface area contributed by atoms with Crippen molar-refractivity contribution in [1.82, 2.24) is 4.90 Å². The molecule has 1 N–H and O–H groups in total. The lowest BCUT2D eigenvalue weighted by Gasteiger charge is -2.32. The van der Waals surface area contributed by atoms with Crippen LogP contribution < -0.4 is 5.32 Å². The van der Waals surface area contributed by atoms with Crippen LogP contribution in [0, 0.1) is 17.7 Å². The number of nitrogens with one attached hydrogen (secondary N) is 1. The number of benzene rings is 1. The molecular formula is C16H18ClFN2O2. The van der Waals surface area contributed by atoms with Crippen LogP contribution in [0.5, 0.6) is 0 Å². The van der Waals surface area contributed by atoms with Gasteiger partial charge < -0.3 is 10.2 Å². The Balaban J connectivity index is 1.61. The molecule has 1 saturated carbocycles. The molecule has 6 heteroatoms. The molecule has 2 fully saturated rings. The van der Waals surface area contributed by atoms with E-state index in [0.717, 1.165) is 32.2 Å². The molecule has 3 rings (SSSR count). The second-order valence-electron chi connectivity index (χ2n) is 6.02. The van der Waals surface area contributed by atoms with E-state index in [4.69, 9.17) is 11.6 Å². The third-order valence-corrected chi connectivity index (χ3v) is 4.52. The van der Waals surface area contributed by atoms with Crippen LogP contribution in [0.15, 0.2) is 18.2 Å². The second kappa shape index (κ2) is 6.24. The number of rotatable bonds is 3. The molecule has 1 aliphatic heterocycles. The minimum Gasteiger partial charge on any atom is -0.342 e. The number of carbonyl (C=O) groups excluding carboxylic acids is 2. The number of carbonyl (C=O) groups is 2. The summed E-state index contributed by atoms with van der Waals surface area (Å²) in [5, 5.41) is 2.73. The summed E-state index contributed by atoms with van der Waals surface area (Å²) >= 11 is 5.62. The first-order valence-electron chi connectivity index (χ1n) is 7.59. The summed E-state index contributed by atoms with van der Waals surface area (Å²) in [5.74, 6) is -0.624. The van der Waals surface area contributed by atoms with E-state index < -0.39 is 5.82 Å². The van der Waals surface area contributed by atoms with E-state index in [1.165, 1.54) is 12.1 Å². The van der Waals surface area contributed by atoms with Gasteiger partial charge in [0, 0.05) is 24.7 Å². The molecule has 2 amide bonds. The van der Waals surface area contributed by atoms with Gasteiger partial charge in [0.2, 0.25) is 11.8 Å². The maximum atomic E-state index is 13.4. The number of hydrogen-bond donors (Lipinski definition) is 1. The van der Waals surface area contributed by atoms with E-state index in [1.54, 1.807) is 11.0 Å². The topological polar surface area (TPSA) is 49.4 Å². The van der Waals surface area contributed by atoms with Crippen LogP contribution in [0.25, 0.3) is 0 Å². The summed E-state index contributed by atoms with van der Waals surface area (Å²) in [7, 11) is 0. The van der Waals surface area contributed by atoms with E-state index >= 15 is 0 Å². The highest BCUT2D eigenvalue weighted by Gasteiger charge is 2.36. The van der Waals surface area contributed by atoms with Crippen LogP contribution >= 0.6 is 11.6 Å². The van der Waals surface area contributed by atoms with Gasteiger partial charge in [0.25, 0.3) is 0 Å². The molecule has 1 heterocycles. The maximum absolute atomic E-state index is 13.4. The van der Waals surface area contributed by atoms with Crippen molar-refractivity contribution in [3.63, 3.8) is 0 Å². The Morgan fingerprint density at radius 1 is 1.23 bits per heavy atom. The summed E-state index contributed by atoms with van der Waals surface area (Å²) in [6.07, 6.45) is 3.51. The largest absolute Gasteiger partial charge is 0.342 e. The molecule has 118 valence electrons. The van der Waals surface area contributed by atoms with Crippen LogP contribution in [-0.4, -0.2) is 29.8 Å². The molecule has 1 aromatic carbocycles. The average molecular weight is 325 g/mol. The van der Waals surface area contributed by atoms with Crippen molar-refractivity contribution in [2.24, 2.45) is 11.8 Å². The van der Waals surface area contributed by atoms with E-state index in [-0.39, 0.29) is 28.7 Å². The van der Waals surface area contributed by atoms with Crippen molar-refractivity contribution in [1.29, 1.82) is 0 Å². The molecule has 1 unspecified atom stereocenters. The van der Waals surface area contributed by atoms with Crippen LogP contribution in [-0.2, 0) is 9.59 Å². The van der Waals surface area contributed by atoms with Gasteiger partial charge in [0.1, 0.15) is 5.82 Å². The lowest BCUT2D eigenvalue weighted by Crippen LogP contribution is -2.44. The van der Waals surface area contributed by atoms with Gasteiger partial charge in [-0.3, -0.25) is 9.59 Å². The third-order valence-electron chi connectivity index (χ3n) is 4.22. The number of hydrogen-bond acceptors (Lipinski definition) is 2. The van der Waals surface area contributed by atoms with Crippen molar-refractivity contribution in [3.05, 3.63) is 29.0 Å². The minimum absolute atomic E-state index is 0.0249. The summed E-state index contributed by atoms with van der Waals surface area (Å²) in [6, 6.07) is 4.19. The first kappa shape index (κ1) is 15.3.